The molecule has 3 rings (SSSR count). The highest BCUT2D eigenvalue weighted by atomic mass is 79.9. The fourth-order valence-electron chi connectivity index (χ4n) is 2.21. The van der Waals surface area contributed by atoms with Crippen LogP contribution in [0.25, 0.3) is 0 Å². The van der Waals surface area contributed by atoms with Crippen molar-refractivity contribution in [2.24, 2.45) is 5.10 Å². The van der Waals surface area contributed by atoms with Crippen LogP contribution >= 0.6 is 39.3 Å². The van der Waals surface area contributed by atoms with Crippen molar-refractivity contribution in [3.63, 3.8) is 0 Å². The molecule has 0 aliphatic carbocycles. The van der Waals surface area contributed by atoms with Crippen LogP contribution in [0.1, 0.15) is 27.4 Å². The van der Waals surface area contributed by atoms with Gasteiger partial charge in [-0.3, -0.25) is 4.79 Å². The average Bonchev–Trinajstić information content (AvgIpc) is 2.99. The summed E-state index contributed by atoms with van der Waals surface area (Å²) in [6.45, 7) is 1.84. The van der Waals surface area contributed by atoms with Crippen molar-refractivity contribution < 1.29 is 9.21 Å². The first-order valence-corrected chi connectivity index (χ1v) is 10.2. The lowest BCUT2D eigenvalue weighted by Crippen LogP contribution is -2.17. The predicted octanol–water partition coefficient (Wildman–Crippen LogP) is 6.06. The molecule has 138 valence electrons. The minimum absolute atomic E-state index is 0.273. The van der Waals surface area contributed by atoms with Crippen molar-refractivity contribution >= 4 is 51.4 Å². The summed E-state index contributed by atoms with van der Waals surface area (Å²) in [6.07, 6.45) is 1.47. The van der Waals surface area contributed by atoms with Crippen LogP contribution in [-0.4, -0.2) is 12.1 Å². The molecule has 0 saturated carbocycles. The lowest BCUT2D eigenvalue weighted by Gasteiger charge is -2.04. The molecule has 0 aliphatic rings. The van der Waals surface area contributed by atoms with Crippen LogP contribution in [0.3, 0.4) is 0 Å². The normalized spacial score (nSPS) is 11.1. The topological polar surface area (TPSA) is 54.6 Å². The Bertz CT molecular complexity index is 934. The van der Waals surface area contributed by atoms with Gasteiger partial charge in [0.25, 0.3) is 5.91 Å². The molecule has 1 N–H and O–H groups in total. The highest BCUT2D eigenvalue weighted by Crippen LogP contribution is 2.24. The molecule has 4 nitrogen and oxygen atoms in total. The highest BCUT2D eigenvalue weighted by Gasteiger charge is 2.06. The summed E-state index contributed by atoms with van der Waals surface area (Å²) < 4.78 is 6.29. The highest BCUT2D eigenvalue weighted by molar-refractivity contribution is 9.10. The number of hydrogen-bond donors (Lipinski definition) is 1. The molecule has 1 amide bonds. The number of amides is 1. The molecule has 0 saturated heterocycles. The van der Waals surface area contributed by atoms with Gasteiger partial charge in [-0.25, -0.2) is 5.43 Å². The van der Waals surface area contributed by atoms with Gasteiger partial charge in [-0.05, 0) is 64.8 Å². The van der Waals surface area contributed by atoms with E-state index in [9.17, 15) is 4.79 Å². The van der Waals surface area contributed by atoms with Gasteiger partial charge < -0.3 is 4.42 Å². The van der Waals surface area contributed by atoms with E-state index in [-0.39, 0.29) is 5.91 Å². The molecule has 1 aromatic heterocycles. The molecule has 1 heterocycles. The fourth-order valence-corrected chi connectivity index (χ4v) is 3.50. The minimum Gasteiger partial charge on any atom is -0.459 e. The van der Waals surface area contributed by atoms with E-state index < -0.39 is 0 Å². The molecule has 2 aromatic carbocycles. The zero-order valence-electron chi connectivity index (χ0n) is 14.4. The number of carbonyl (C=O) groups excluding carboxylic acids is 1. The number of rotatable bonds is 6. The third kappa shape index (κ3) is 5.73. The van der Waals surface area contributed by atoms with Crippen molar-refractivity contribution in [3.8, 4) is 0 Å². The van der Waals surface area contributed by atoms with Crippen molar-refractivity contribution in [3.05, 3.63) is 86.7 Å². The third-order valence-corrected chi connectivity index (χ3v) is 5.79. The Balaban J connectivity index is 1.52. The molecule has 0 atom stereocenters. The van der Waals surface area contributed by atoms with E-state index in [2.05, 4.69) is 26.5 Å². The lowest BCUT2D eigenvalue weighted by atomic mass is 10.1. The number of hydrazone groups is 1. The predicted molar refractivity (Wildman–Crippen MR) is 114 cm³/mol. The lowest BCUT2D eigenvalue weighted by molar-refractivity contribution is 0.0955. The van der Waals surface area contributed by atoms with Gasteiger partial charge in [0.1, 0.15) is 11.5 Å². The minimum atomic E-state index is -0.273. The van der Waals surface area contributed by atoms with Crippen LogP contribution < -0.4 is 5.43 Å². The van der Waals surface area contributed by atoms with E-state index in [0.29, 0.717) is 11.3 Å². The number of thioether (sulfide) groups is 1. The monoisotopic (exact) mass is 462 g/mol. The average molecular weight is 464 g/mol. The molecule has 0 aliphatic heterocycles. The van der Waals surface area contributed by atoms with Crippen LogP contribution in [-0.2, 0) is 5.75 Å². The molecule has 3 aromatic rings. The summed E-state index contributed by atoms with van der Waals surface area (Å²) in [6, 6.07) is 17.0. The second-order valence-corrected chi connectivity index (χ2v) is 8.03. The summed E-state index contributed by atoms with van der Waals surface area (Å²) in [4.78, 5) is 13.3. The zero-order chi connectivity index (χ0) is 19.2. The van der Waals surface area contributed by atoms with Gasteiger partial charge in [0, 0.05) is 27.3 Å². The maximum Gasteiger partial charge on any atom is 0.271 e. The van der Waals surface area contributed by atoms with Gasteiger partial charge in [0.05, 0.1) is 10.7 Å². The van der Waals surface area contributed by atoms with Crippen molar-refractivity contribution in [2.75, 3.05) is 0 Å². The van der Waals surface area contributed by atoms with Crippen LogP contribution in [0.5, 0.6) is 0 Å². The van der Waals surface area contributed by atoms with E-state index in [1.165, 1.54) is 6.21 Å². The van der Waals surface area contributed by atoms with Gasteiger partial charge >= 0.3 is 0 Å². The Labute approximate surface area is 175 Å². The fraction of sp³-hybridized carbons (Fsp3) is 0.100. The third-order valence-electron chi connectivity index (χ3n) is 3.67. The number of benzene rings is 2. The first-order valence-electron chi connectivity index (χ1n) is 8.08. The summed E-state index contributed by atoms with van der Waals surface area (Å²) in [5, 5.41) is 4.65. The van der Waals surface area contributed by atoms with Gasteiger partial charge in [0.2, 0.25) is 0 Å². The number of hydrogen-bond acceptors (Lipinski definition) is 4. The smallest absolute Gasteiger partial charge is 0.271 e. The summed E-state index contributed by atoms with van der Waals surface area (Å²) in [5.41, 5.74) is 4.17. The maximum absolute atomic E-state index is 12.1. The number of carbonyl (C=O) groups is 1. The summed E-state index contributed by atoms with van der Waals surface area (Å²) >= 11 is 11.0. The van der Waals surface area contributed by atoms with E-state index in [1.807, 2.05) is 43.3 Å². The Morgan fingerprint density at radius 2 is 1.93 bits per heavy atom. The quantitative estimate of drug-likeness (QED) is 0.275. The van der Waals surface area contributed by atoms with Crippen molar-refractivity contribution in [1.29, 1.82) is 0 Å². The second kappa shape index (κ2) is 9.26. The number of nitrogens with one attached hydrogen (secondary N) is 1. The van der Waals surface area contributed by atoms with Gasteiger partial charge in [-0.15, -0.1) is 11.8 Å². The Kier molecular flexibility index (Phi) is 6.77. The largest absolute Gasteiger partial charge is 0.459 e. The molecule has 27 heavy (non-hydrogen) atoms. The Hall–Kier alpha value is -2.02. The van der Waals surface area contributed by atoms with E-state index in [4.69, 9.17) is 16.0 Å². The van der Waals surface area contributed by atoms with Gasteiger partial charge in [0.15, 0.2) is 0 Å². The molecule has 0 fully saturated rings. The van der Waals surface area contributed by atoms with Crippen molar-refractivity contribution in [2.45, 2.75) is 17.6 Å². The molecule has 0 bridgehead atoms. The molecule has 0 spiro atoms. The second-order valence-electron chi connectivity index (χ2n) is 5.69. The molecule has 0 unspecified atom stereocenters. The number of nitrogens with zero attached hydrogens (tertiary/aromatic N) is 1. The molecular formula is C20H16BrClN2O2S. The Morgan fingerprint density at radius 3 is 2.56 bits per heavy atom. The van der Waals surface area contributed by atoms with E-state index in [1.54, 1.807) is 30.0 Å². The maximum atomic E-state index is 12.1. The van der Waals surface area contributed by atoms with Crippen LogP contribution in [0.2, 0.25) is 5.02 Å². The Morgan fingerprint density at radius 1 is 1.22 bits per heavy atom. The van der Waals surface area contributed by atoms with Gasteiger partial charge in [-0.1, -0.05) is 23.7 Å². The van der Waals surface area contributed by atoms with E-state index >= 15 is 0 Å². The number of halogens is 2. The first kappa shape index (κ1) is 19.7. The van der Waals surface area contributed by atoms with Crippen LogP contribution in [0.4, 0.5) is 0 Å². The SMILES string of the molecule is Cc1oc(/C=N\NC(=O)c2ccc(CSc3ccc(Cl)cc3)cc2)cc1Br. The number of furan rings is 1. The first-order chi connectivity index (χ1) is 13.0. The molecule has 0 radical (unpaired) electrons. The van der Waals surface area contributed by atoms with E-state index in [0.717, 1.165) is 31.5 Å². The van der Waals surface area contributed by atoms with Crippen LogP contribution in [0.15, 0.2) is 73.5 Å². The van der Waals surface area contributed by atoms with Crippen molar-refractivity contribution in [1.82, 2.24) is 5.43 Å². The number of aryl methyl sites for hydroxylation is 1. The van der Waals surface area contributed by atoms with Crippen LogP contribution in [0, 0.1) is 6.92 Å². The van der Waals surface area contributed by atoms with Gasteiger partial charge in [-0.2, -0.15) is 5.10 Å². The zero-order valence-corrected chi connectivity index (χ0v) is 17.6. The standard InChI is InChI=1S/C20H16BrClN2O2S/c1-13-19(21)10-17(26-13)11-23-24-20(25)15-4-2-14(3-5-15)12-27-18-8-6-16(22)7-9-18/h2-11H,12H2,1H3,(H,24,25)/b23-11-. The molecule has 7 heteroatoms. The summed E-state index contributed by atoms with van der Waals surface area (Å²) in [7, 11) is 0. The summed E-state index contributed by atoms with van der Waals surface area (Å²) in [5.74, 6) is 1.86. The molecular weight excluding hydrogens is 448 g/mol.